The Bertz CT molecular complexity index is 600. The van der Waals surface area contributed by atoms with Crippen LogP contribution < -0.4 is 10.5 Å². The molecule has 0 bridgehead atoms. The molecule has 2 aromatic rings. The number of hydrogen-bond acceptors (Lipinski definition) is 4. The molecule has 5 heteroatoms. The molecule has 0 saturated carbocycles. The maximum atomic E-state index is 5.77. The summed E-state index contributed by atoms with van der Waals surface area (Å²) in [6.07, 6.45) is 0. The first-order chi connectivity index (χ1) is 8.95. The van der Waals surface area contributed by atoms with Crippen LogP contribution in [0.1, 0.15) is 26.7 Å². The number of rotatable bonds is 4. The molecule has 0 fully saturated rings. The van der Waals surface area contributed by atoms with E-state index in [1.165, 1.54) is 22.5 Å². The predicted molar refractivity (Wildman–Crippen MR) is 83.0 cm³/mol. The van der Waals surface area contributed by atoms with Gasteiger partial charge < -0.3 is 10.5 Å². The van der Waals surface area contributed by atoms with Gasteiger partial charge in [-0.2, -0.15) is 0 Å². The molecule has 0 spiro atoms. The van der Waals surface area contributed by atoms with E-state index < -0.39 is 0 Å². The molecule has 2 rings (SSSR count). The number of thiocarbonyl (C=S) groups is 1. The van der Waals surface area contributed by atoms with Crippen molar-refractivity contribution >= 4 is 28.5 Å². The molecule has 1 aromatic carbocycles. The Morgan fingerprint density at radius 3 is 2.42 bits per heavy atom. The molecule has 100 valence electrons. The van der Waals surface area contributed by atoms with Crippen LogP contribution in [-0.4, -0.2) is 9.97 Å². The highest BCUT2D eigenvalue weighted by Gasteiger charge is 2.10. The van der Waals surface area contributed by atoms with Crippen LogP contribution in [0.2, 0.25) is 0 Å². The lowest BCUT2D eigenvalue weighted by molar-refractivity contribution is 0.305. The molecular weight excluding hydrogens is 276 g/mol. The number of aromatic nitrogens is 1. The second-order valence-corrected chi connectivity index (χ2v) is 6.02. The first-order valence-electron chi connectivity index (χ1n) is 5.93. The minimum Gasteiger partial charge on any atom is -0.486 e. The fraction of sp³-hybridized carbons (Fsp3) is 0.286. The minimum atomic E-state index is 0.396. The smallest absolute Gasteiger partial charge is 0.140 e. The zero-order chi connectivity index (χ0) is 14.0. The summed E-state index contributed by atoms with van der Waals surface area (Å²) in [6, 6.07) is 6.15. The molecular formula is C14H16N2OS2. The van der Waals surface area contributed by atoms with Crippen molar-refractivity contribution in [1.82, 2.24) is 4.98 Å². The Labute approximate surface area is 122 Å². The maximum Gasteiger partial charge on any atom is 0.140 e. The quantitative estimate of drug-likeness (QED) is 0.879. The van der Waals surface area contributed by atoms with E-state index in [1.807, 2.05) is 19.1 Å². The van der Waals surface area contributed by atoms with Crippen LogP contribution in [0.4, 0.5) is 0 Å². The molecule has 0 atom stereocenters. The summed E-state index contributed by atoms with van der Waals surface area (Å²) in [6.45, 7) is 6.46. The van der Waals surface area contributed by atoms with Crippen LogP contribution in [-0.2, 0) is 6.61 Å². The molecule has 0 aliphatic carbocycles. The number of thiazole rings is 1. The Kier molecular flexibility index (Phi) is 4.17. The second kappa shape index (κ2) is 5.67. The minimum absolute atomic E-state index is 0.396. The van der Waals surface area contributed by atoms with Gasteiger partial charge in [0, 0.05) is 0 Å². The largest absolute Gasteiger partial charge is 0.486 e. The summed E-state index contributed by atoms with van der Waals surface area (Å²) in [4.78, 5) is 5.68. The van der Waals surface area contributed by atoms with Gasteiger partial charge in [-0.3, -0.25) is 0 Å². The van der Waals surface area contributed by atoms with Gasteiger partial charge in [0.1, 0.15) is 22.4 Å². The van der Waals surface area contributed by atoms with E-state index in [2.05, 4.69) is 24.9 Å². The third-order valence-corrected chi connectivity index (χ3v) is 4.12. The van der Waals surface area contributed by atoms with E-state index in [0.29, 0.717) is 11.6 Å². The predicted octanol–water partition coefficient (Wildman–Crippen LogP) is 3.28. The summed E-state index contributed by atoms with van der Waals surface area (Å²) in [5.74, 6) is 0.863. The molecule has 0 aliphatic heterocycles. The summed E-state index contributed by atoms with van der Waals surface area (Å²) in [5, 5.41) is 0.888. The molecule has 2 N–H and O–H groups in total. The number of nitrogens with zero attached hydrogens (tertiary/aromatic N) is 1. The highest BCUT2D eigenvalue weighted by Crippen LogP contribution is 2.21. The van der Waals surface area contributed by atoms with E-state index >= 15 is 0 Å². The molecule has 19 heavy (non-hydrogen) atoms. The van der Waals surface area contributed by atoms with Gasteiger partial charge >= 0.3 is 0 Å². The molecule has 1 heterocycles. The lowest BCUT2D eigenvalue weighted by Gasteiger charge is -2.06. The van der Waals surface area contributed by atoms with Gasteiger partial charge in [-0.1, -0.05) is 18.3 Å². The van der Waals surface area contributed by atoms with Crippen molar-refractivity contribution in [1.29, 1.82) is 0 Å². The van der Waals surface area contributed by atoms with E-state index in [1.54, 1.807) is 0 Å². The Balaban J connectivity index is 2.10. The van der Waals surface area contributed by atoms with Crippen molar-refractivity contribution in [2.24, 2.45) is 5.73 Å². The maximum absolute atomic E-state index is 5.77. The van der Waals surface area contributed by atoms with Gasteiger partial charge in [-0.15, -0.1) is 11.3 Å². The van der Waals surface area contributed by atoms with Crippen molar-refractivity contribution < 1.29 is 4.74 Å². The first-order valence-corrected chi connectivity index (χ1v) is 7.15. The van der Waals surface area contributed by atoms with Crippen molar-refractivity contribution in [2.45, 2.75) is 27.4 Å². The average molecular weight is 292 g/mol. The van der Waals surface area contributed by atoms with Crippen LogP contribution in [0.3, 0.4) is 0 Å². The van der Waals surface area contributed by atoms with Crippen molar-refractivity contribution in [2.75, 3.05) is 0 Å². The zero-order valence-electron chi connectivity index (χ0n) is 11.2. The summed E-state index contributed by atoms with van der Waals surface area (Å²) in [7, 11) is 0. The fourth-order valence-electron chi connectivity index (χ4n) is 1.90. The average Bonchev–Trinajstić information content (AvgIpc) is 2.67. The topological polar surface area (TPSA) is 48.1 Å². The highest BCUT2D eigenvalue weighted by atomic mass is 32.1. The molecule has 0 aliphatic rings. The van der Waals surface area contributed by atoms with Crippen LogP contribution >= 0.6 is 23.6 Å². The fourth-order valence-corrected chi connectivity index (χ4v) is 3.01. The standard InChI is InChI=1S/C14H16N2OS2/c1-8-4-9(2)6-11(5-8)17-7-12-16-10(3)13(19-12)14(15)18/h4-6H,7H2,1-3H3,(H2,15,18). The van der Waals surface area contributed by atoms with Crippen LogP contribution in [0.25, 0.3) is 0 Å². The molecule has 3 nitrogen and oxygen atoms in total. The molecule has 0 unspecified atom stereocenters. The van der Waals surface area contributed by atoms with E-state index in [-0.39, 0.29) is 0 Å². The van der Waals surface area contributed by atoms with Gasteiger partial charge in [-0.25, -0.2) is 4.98 Å². The van der Waals surface area contributed by atoms with Crippen LogP contribution in [0.5, 0.6) is 5.75 Å². The highest BCUT2D eigenvalue weighted by molar-refractivity contribution is 7.81. The van der Waals surface area contributed by atoms with E-state index in [0.717, 1.165) is 21.3 Å². The summed E-state index contributed by atoms with van der Waals surface area (Å²) < 4.78 is 5.77. The zero-order valence-corrected chi connectivity index (χ0v) is 12.8. The van der Waals surface area contributed by atoms with E-state index in [4.69, 9.17) is 22.7 Å². The van der Waals surface area contributed by atoms with Gasteiger partial charge in [-0.05, 0) is 44.0 Å². The Hall–Kier alpha value is -1.46. The number of ether oxygens (including phenoxy) is 1. The van der Waals surface area contributed by atoms with Crippen molar-refractivity contribution in [3.05, 3.63) is 44.9 Å². The lowest BCUT2D eigenvalue weighted by Crippen LogP contribution is -2.08. The van der Waals surface area contributed by atoms with Crippen molar-refractivity contribution in [3.8, 4) is 5.75 Å². The normalized spacial score (nSPS) is 10.5. The third-order valence-electron chi connectivity index (χ3n) is 2.62. The Morgan fingerprint density at radius 1 is 1.26 bits per heavy atom. The monoisotopic (exact) mass is 292 g/mol. The molecule has 0 radical (unpaired) electrons. The van der Waals surface area contributed by atoms with Gasteiger partial charge in [0.2, 0.25) is 0 Å². The number of nitrogens with two attached hydrogens (primary N) is 1. The SMILES string of the molecule is Cc1cc(C)cc(OCc2nc(C)c(C(N)=S)s2)c1. The number of hydrogen-bond donors (Lipinski definition) is 1. The molecule has 0 saturated heterocycles. The van der Waals surface area contributed by atoms with Gasteiger partial charge in [0.25, 0.3) is 0 Å². The first kappa shape index (κ1) is 14.0. The lowest BCUT2D eigenvalue weighted by atomic mass is 10.1. The summed E-state index contributed by atoms with van der Waals surface area (Å²) >= 11 is 6.48. The van der Waals surface area contributed by atoms with Crippen molar-refractivity contribution in [3.63, 3.8) is 0 Å². The van der Waals surface area contributed by atoms with Crippen LogP contribution in [0, 0.1) is 20.8 Å². The van der Waals surface area contributed by atoms with Gasteiger partial charge in [0.15, 0.2) is 0 Å². The van der Waals surface area contributed by atoms with Gasteiger partial charge in [0.05, 0.1) is 10.6 Å². The number of aryl methyl sites for hydroxylation is 3. The Morgan fingerprint density at radius 2 is 1.89 bits per heavy atom. The van der Waals surface area contributed by atoms with E-state index in [9.17, 15) is 0 Å². The molecule has 0 amide bonds. The summed E-state index contributed by atoms with van der Waals surface area (Å²) in [5.41, 5.74) is 8.89. The van der Waals surface area contributed by atoms with Crippen LogP contribution in [0.15, 0.2) is 18.2 Å². The number of benzene rings is 1. The molecule has 1 aromatic heterocycles. The third kappa shape index (κ3) is 3.52. The second-order valence-electron chi connectivity index (χ2n) is 4.50.